The molecule has 0 atom stereocenters. The van der Waals surface area contributed by atoms with E-state index in [2.05, 4.69) is 10.3 Å². The third kappa shape index (κ3) is 6.14. The number of likely N-dealkylation sites (N-methyl/N-ethyl adjacent to an activating group) is 1. The molecule has 3 aromatic rings. The summed E-state index contributed by atoms with van der Waals surface area (Å²) in [6.45, 7) is 1.18. The van der Waals surface area contributed by atoms with E-state index in [1.54, 1.807) is 35.7 Å². The fraction of sp³-hybridized carbons (Fsp3) is 0.200. The van der Waals surface area contributed by atoms with Gasteiger partial charge in [-0.1, -0.05) is 23.7 Å². The number of thiazole rings is 1. The summed E-state index contributed by atoms with van der Waals surface area (Å²) in [5.41, 5.74) is 3.30. The molecule has 146 valence electrons. The zero-order chi connectivity index (χ0) is 19.8. The molecule has 0 unspecified atom stereocenters. The Kier molecular flexibility index (Phi) is 7.11. The molecule has 8 heteroatoms. The predicted octanol–water partition coefficient (Wildman–Crippen LogP) is 4.92. The van der Waals surface area contributed by atoms with Gasteiger partial charge >= 0.3 is 6.03 Å². The van der Waals surface area contributed by atoms with Crippen LogP contribution in [-0.2, 0) is 6.61 Å². The zero-order valence-corrected chi connectivity index (χ0v) is 16.9. The number of carbonyl (C=O) groups is 1. The van der Waals surface area contributed by atoms with Crippen LogP contribution in [0.1, 0.15) is 5.69 Å². The Hall–Kier alpha value is -2.77. The lowest BCUT2D eigenvalue weighted by molar-refractivity contribution is 0.207. The summed E-state index contributed by atoms with van der Waals surface area (Å²) in [5, 5.41) is 5.40. The summed E-state index contributed by atoms with van der Waals surface area (Å²) < 4.78 is 11.3. The largest absolute Gasteiger partial charge is 0.492 e. The first-order valence-corrected chi connectivity index (χ1v) is 9.92. The highest BCUT2D eigenvalue weighted by Crippen LogP contribution is 2.19. The summed E-state index contributed by atoms with van der Waals surface area (Å²) >= 11 is 7.45. The van der Waals surface area contributed by atoms with Crippen LogP contribution in [0.25, 0.3) is 0 Å². The molecule has 0 aliphatic carbocycles. The van der Waals surface area contributed by atoms with Crippen LogP contribution < -0.4 is 14.8 Å². The van der Waals surface area contributed by atoms with Crippen LogP contribution in [0.2, 0.25) is 5.02 Å². The highest BCUT2D eigenvalue weighted by molar-refractivity contribution is 7.07. The van der Waals surface area contributed by atoms with Crippen molar-refractivity contribution >= 4 is 34.7 Å². The summed E-state index contributed by atoms with van der Waals surface area (Å²) in [4.78, 5) is 18.1. The van der Waals surface area contributed by atoms with E-state index >= 15 is 0 Å². The Bertz CT molecular complexity index is 905. The maximum atomic E-state index is 12.4. The lowest BCUT2D eigenvalue weighted by atomic mass is 10.3. The Morgan fingerprint density at radius 1 is 1.18 bits per heavy atom. The first-order chi connectivity index (χ1) is 13.6. The highest BCUT2D eigenvalue weighted by atomic mass is 35.5. The molecule has 0 saturated heterocycles. The molecule has 0 saturated carbocycles. The van der Waals surface area contributed by atoms with E-state index in [0.717, 1.165) is 5.69 Å². The average molecular weight is 418 g/mol. The molecule has 0 aliphatic rings. The summed E-state index contributed by atoms with van der Waals surface area (Å²) in [7, 11) is 1.71. The Morgan fingerprint density at radius 2 is 1.96 bits per heavy atom. The van der Waals surface area contributed by atoms with Gasteiger partial charge in [0, 0.05) is 29.2 Å². The SMILES string of the molecule is CN(CCOc1cccc(Cl)c1)C(=O)Nc1cccc(OCc2cscn2)c1. The van der Waals surface area contributed by atoms with Gasteiger partial charge < -0.3 is 19.7 Å². The number of aromatic nitrogens is 1. The summed E-state index contributed by atoms with van der Waals surface area (Å²) in [6.07, 6.45) is 0. The maximum absolute atomic E-state index is 12.4. The number of benzene rings is 2. The van der Waals surface area contributed by atoms with Gasteiger partial charge in [-0.15, -0.1) is 11.3 Å². The molecule has 1 aromatic heterocycles. The number of carbonyl (C=O) groups excluding carboxylic acids is 1. The number of nitrogens with one attached hydrogen (secondary N) is 1. The normalized spacial score (nSPS) is 10.4. The number of halogens is 1. The van der Waals surface area contributed by atoms with Crippen molar-refractivity contribution in [3.8, 4) is 11.5 Å². The lowest BCUT2D eigenvalue weighted by Crippen LogP contribution is -2.34. The number of hydrogen-bond acceptors (Lipinski definition) is 5. The second kappa shape index (κ2) is 9.96. The molecule has 2 aromatic carbocycles. The quantitative estimate of drug-likeness (QED) is 0.565. The molecule has 3 rings (SSSR count). The van der Waals surface area contributed by atoms with Crippen molar-refractivity contribution in [1.29, 1.82) is 0 Å². The van der Waals surface area contributed by atoms with Crippen molar-refractivity contribution in [2.24, 2.45) is 0 Å². The van der Waals surface area contributed by atoms with E-state index in [4.69, 9.17) is 21.1 Å². The third-order valence-electron chi connectivity index (χ3n) is 3.79. The highest BCUT2D eigenvalue weighted by Gasteiger charge is 2.09. The number of amides is 2. The first-order valence-electron chi connectivity index (χ1n) is 8.60. The number of nitrogens with zero attached hydrogens (tertiary/aromatic N) is 2. The van der Waals surface area contributed by atoms with Gasteiger partial charge in [-0.05, 0) is 30.3 Å². The van der Waals surface area contributed by atoms with Gasteiger partial charge in [-0.2, -0.15) is 0 Å². The fourth-order valence-corrected chi connectivity index (χ4v) is 3.03. The molecule has 1 N–H and O–H groups in total. The van der Waals surface area contributed by atoms with Gasteiger partial charge in [0.25, 0.3) is 0 Å². The van der Waals surface area contributed by atoms with Crippen LogP contribution in [-0.4, -0.2) is 36.1 Å². The first kappa shape index (κ1) is 20.0. The van der Waals surface area contributed by atoms with Gasteiger partial charge in [-0.25, -0.2) is 9.78 Å². The van der Waals surface area contributed by atoms with Crippen LogP contribution >= 0.6 is 22.9 Å². The van der Waals surface area contributed by atoms with Crippen molar-refractivity contribution in [3.63, 3.8) is 0 Å². The number of hydrogen-bond donors (Lipinski definition) is 1. The van der Waals surface area contributed by atoms with Gasteiger partial charge in [0.05, 0.1) is 17.7 Å². The van der Waals surface area contributed by atoms with Crippen LogP contribution in [0.3, 0.4) is 0 Å². The van der Waals surface area contributed by atoms with Crippen molar-refractivity contribution < 1.29 is 14.3 Å². The third-order valence-corrected chi connectivity index (χ3v) is 4.66. The topological polar surface area (TPSA) is 63.7 Å². The van der Waals surface area contributed by atoms with E-state index in [1.165, 1.54) is 11.3 Å². The van der Waals surface area contributed by atoms with Crippen molar-refractivity contribution in [1.82, 2.24) is 9.88 Å². The number of urea groups is 1. The summed E-state index contributed by atoms with van der Waals surface area (Å²) in [5.74, 6) is 1.34. The Balaban J connectivity index is 1.46. The Morgan fingerprint density at radius 3 is 2.71 bits per heavy atom. The van der Waals surface area contributed by atoms with Gasteiger partial charge in [0.1, 0.15) is 24.7 Å². The second-order valence-corrected chi connectivity index (χ2v) is 7.11. The molecule has 6 nitrogen and oxygen atoms in total. The number of anilines is 1. The molecule has 0 bridgehead atoms. The minimum absolute atomic E-state index is 0.230. The van der Waals surface area contributed by atoms with Crippen LogP contribution in [0, 0.1) is 0 Å². The molecule has 0 spiro atoms. The van der Waals surface area contributed by atoms with Gasteiger partial charge in [0.15, 0.2) is 0 Å². The molecule has 0 fully saturated rings. The molecule has 0 radical (unpaired) electrons. The van der Waals surface area contributed by atoms with Crippen LogP contribution in [0.5, 0.6) is 11.5 Å². The molecule has 1 heterocycles. The zero-order valence-electron chi connectivity index (χ0n) is 15.3. The molecule has 28 heavy (non-hydrogen) atoms. The van der Waals surface area contributed by atoms with E-state index in [1.807, 2.05) is 35.7 Å². The monoisotopic (exact) mass is 417 g/mol. The maximum Gasteiger partial charge on any atom is 0.321 e. The van der Waals surface area contributed by atoms with E-state index < -0.39 is 0 Å². The number of ether oxygens (including phenoxy) is 2. The minimum Gasteiger partial charge on any atom is -0.492 e. The van der Waals surface area contributed by atoms with Crippen LogP contribution in [0.4, 0.5) is 10.5 Å². The van der Waals surface area contributed by atoms with Crippen molar-refractivity contribution in [3.05, 3.63) is 70.1 Å². The second-order valence-electron chi connectivity index (χ2n) is 5.95. The molecular formula is C20H20ClN3O3S. The standard InChI is InChI=1S/C20H20ClN3O3S/c1-24(8-9-26-18-6-2-4-15(21)10-18)20(25)23-16-5-3-7-19(11-16)27-12-17-13-28-14-22-17/h2-7,10-11,13-14H,8-9,12H2,1H3,(H,23,25). The van der Waals surface area contributed by atoms with Gasteiger partial charge in [0.2, 0.25) is 0 Å². The van der Waals surface area contributed by atoms with E-state index in [-0.39, 0.29) is 6.03 Å². The van der Waals surface area contributed by atoms with Crippen LogP contribution in [0.15, 0.2) is 59.4 Å². The smallest absolute Gasteiger partial charge is 0.321 e. The molecular weight excluding hydrogens is 398 g/mol. The molecule has 0 aliphatic heterocycles. The number of rotatable bonds is 8. The fourth-order valence-electron chi connectivity index (χ4n) is 2.31. The average Bonchev–Trinajstić information content (AvgIpc) is 3.20. The van der Waals surface area contributed by atoms with Crippen molar-refractivity contribution in [2.75, 3.05) is 25.5 Å². The summed E-state index contributed by atoms with van der Waals surface area (Å²) in [6, 6.07) is 14.2. The van der Waals surface area contributed by atoms with E-state index in [9.17, 15) is 4.79 Å². The Labute approximate surface area is 172 Å². The lowest BCUT2D eigenvalue weighted by Gasteiger charge is -2.18. The van der Waals surface area contributed by atoms with Gasteiger partial charge in [-0.3, -0.25) is 0 Å². The van der Waals surface area contributed by atoms with E-state index in [0.29, 0.717) is 42.0 Å². The molecule has 2 amide bonds. The predicted molar refractivity (Wildman–Crippen MR) is 111 cm³/mol. The van der Waals surface area contributed by atoms with Crippen molar-refractivity contribution in [2.45, 2.75) is 6.61 Å². The minimum atomic E-state index is -0.230.